The third-order valence-electron chi connectivity index (χ3n) is 4.18. The predicted molar refractivity (Wildman–Crippen MR) is 92.2 cm³/mol. The first-order valence-electron chi connectivity index (χ1n) is 7.92. The van der Waals surface area contributed by atoms with Crippen LogP contribution in [0.5, 0.6) is 0 Å². The molecule has 0 radical (unpaired) electrons. The highest BCUT2D eigenvalue weighted by atomic mass is 16.3. The Hall–Kier alpha value is -1.06. The summed E-state index contributed by atoms with van der Waals surface area (Å²) in [5.41, 5.74) is 3.15. The van der Waals surface area contributed by atoms with Gasteiger partial charge in [-0.05, 0) is 46.4 Å². The third kappa shape index (κ3) is 4.45. The van der Waals surface area contributed by atoms with Gasteiger partial charge in [-0.2, -0.15) is 0 Å². The van der Waals surface area contributed by atoms with Crippen molar-refractivity contribution in [1.82, 2.24) is 5.32 Å². The summed E-state index contributed by atoms with van der Waals surface area (Å²) in [6, 6.07) is 9.83. The summed E-state index contributed by atoms with van der Waals surface area (Å²) in [6.07, 6.45) is -0.167. The Morgan fingerprint density at radius 2 is 1.67 bits per heavy atom. The number of aliphatic hydroxyl groups excluding tert-OH is 1. The molecule has 0 saturated carbocycles. The van der Waals surface area contributed by atoms with E-state index < -0.39 is 0 Å². The topological polar surface area (TPSA) is 35.5 Å². The Kier molecular flexibility index (Phi) is 6.24. The molecule has 0 fully saturated rings. The maximum atomic E-state index is 8.06. The van der Waals surface area contributed by atoms with Crippen LogP contribution in [0.4, 0.5) is 5.69 Å². The number of hydrogen-bond donors (Lipinski definition) is 2. The zero-order valence-corrected chi connectivity index (χ0v) is 14.6. The molecule has 120 valence electrons. The second-order valence-electron chi connectivity index (χ2n) is 6.94. The van der Waals surface area contributed by atoms with Gasteiger partial charge in [-0.15, -0.1) is 0 Å². The molecule has 1 aliphatic heterocycles. The molecule has 0 aliphatic carbocycles. The van der Waals surface area contributed by atoms with Crippen molar-refractivity contribution in [3.63, 3.8) is 0 Å². The van der Waals surface area contributed by atoms with E-state index in [1.54, 1.807) is 13.8 Å². The van der Waals surface area contributed by atoms with Crippen molar-refractivity contribution in [3.8, 4) is 0 Å². The van der Waals surface area contributed by atoms with Gasteiger partial charge in [-0.25, -0.2) is 0 Å². The molecule has 1 heterocycles. The average Bonchev–Trinajstić information content (AvgIpc) is 2.69. The van der Waals surface area contributed by atoms with Crippen LogP contribution < -0.4 is 10.2 Å². The molecule has 0 amide bonds. The Bertz CT molecular complexity index is 440. The molecule has 2 unspecified atom stereocenters. The summed E-state index contributed by atoms with van der Waals surface area (Å²) in [7, 11) is 2.04. The molecule has 2 rings (SSSR count). The highest BCUT2D eigenvalue weighted by Gasteiger charge is 2.37. The zero-order chi connectivity index (χ0) is 16.2. The number of likely N-dealkylation sites (N-methyl/N-ethyl adjacent to an activating group) is 1. The van der Waals surface area contributed by atoms with Gasteiger partial charge >= 0.3 is 0 Å². The lowest BCUT2D eigenvalue weighted by molar-refractivity contribution is 0.216. The predicted octanol–water partition coefficient (Wildman–Crippen LogP) is 3.17. The van der Waals surface area contributed by atoms with Gasteiger partial charge in [0.2, 0.25) is 0 Å². The van der Waals surface area contributed by atoms with Crippen LogP contribution in [0, 0.1) is 0 Å². The normalized spacial score (nSPS) is 18.8. The number of fused-ring (bicyclic) bond motifs is 1. The van der Waals surface area contributed by atoms with E-state index in [0.717, 1.165) is 6.54 Å². The molecule has 0 saturated heterocycles. The molecule has 0 bridgehead atoms. The second kappa shape index (κ2) is 7.28. The molecule has 1 aliphatic rings. The van der Waals surface area contributed by atoms with Crippen molar-refractivity contribution in [2.24, 2.45) is 0 Å². The molecule has 1 aromatic carbocycles. The average molecular weight is 292 g/mol. The SMILES string of the molecule is CC(C)O.CNC(C)C(C)N1CC(C)(C)c2ccccc21. The summed E-state index contributed by atoms with van der Waals surface area (Å²) in [4.78, 5) is 2.54. The van der Waals surface area contributed by atoms with E-state index in [2.05, 4.69) is 62.2 Å². The standard InChI is InChI=1S/C15H24N2.C3H8O/c1-11(16-5)12(2)17-10-15(3,4)13-8-6-7-9-14(13)17;1-3(2)4/h6-9,11-12,16H,10H2,1-5H3;3-4H,1-2H3. The number of anilines is 1. The Labute approximate surface area is 130 Å². The highest BCUT2D eigenvalue weighted by Crippen LogP contribution is 2.41. The first-order chi connectivity index (χ1) is 9.70. The van der Waals surface area contributed by atoms with Crippen molar-refractivity contribution in [2.45, 2.75) is 65.1 Å². The third-order valence-corrected chi connectivity index (χ3v) is 4.18. The van der Waals surface area contributed by atoms with Crippen molar-refractivity contribution in [3.05, 3.63) is 29.8 Å². The summed E-state index contributed by atoms with van der Waals surface area (Å²) in [5, 5.41) is 11.4. The number of nitrogens with one attached hydrogen (secondary N) is 1. The van der Waals surface area contributed by atoms with Gasteiger partial charge in [-0.3, -0.25) is 0 Å². The first kappa shape index (κ1) is 18.0. The molecule has 3 nitrogen and oxygen atoms in total. The fourth-order valence-electron chi connectivity index (χ4n) is 2.77. The monoisotopic (exact) mass is 292 g/mol. The maximum Gasteiger partial charge on any atom is 0.0483 e. The fourth-order valence-corrected chi connectivity index (χ4v) is 2.77. The number of hydrogen-bond acceptors (Lipinski definition) is 3. The van der Waals surface area contributed by atoms with E-state index in [0.29, 0.717) is 12.1 Å². The van der Waals surface area contributed by atoms with Crippen molar-refractivity contribution >= 4 is 5.69 Å². The summed E-state index contributed by atoms with van der Waals surface area (Å²) >= 11 is 0. The number of nitrogens with zero attached hydrogens (tertiary/aromatic N) is 1. The lowest BCUT2D eigenvalue weighted by Crippen LogP contribution is -2.46. The number of rotatable bonds is 3. The van der Waals surface area contributed by atoms with Gasteiger partial charge in [0.05, 0.1) is 0 Å². The van der Waals surface area contributed by atoms with Gasteiger partial charge < -0.3 is 15.3 Å². The van der Waals surface area contributed by atoms with Gasteiger partial charge in [0.25, 0.3) is 0 Å². The van der Waals surface area contributed by atoms with Gasteiger partial charge in [0, 0.05) is 35.8 Å². The minimum atomic E-state index is -0.167. The van der Waals surface area contributed by atoms with Crippen LogP contribution in [-0.4, -0.2) is 36.9 Å². The fraction of sp³-hybridized carbons (Fsp3) is 0.667. The zero-order valence-electron chi connectivity index (χ0n) is 14.6. The molecule has 3 heteroatoms. The van der Waals surface area contributed by atoms with Crippen LogP contribution in [0.15, 0.2) is 24.3 Å². The van der Waals surface area contributed by atoms with E-state index in [-0.39, 0.29) is 11.5 Å². The van der Waals surface area contributed by atoms with Gasteiger partial charge in [-0.1, -0.05) is 32.0 Å². The van der Waals surface area contributed by atoms with E-state index in [1.807, 2.05) is 7.05 Å². The van der Waals surface area contributed by atoms with E-state index >= 15 is 0 Å². The van der Waals surface area contributed by atoms with Gasteiger partial charge in [0.1, 0.15) is 0 Å². The van der Waals surface area contributed by atoms with Crippen LogP contribution in [0.1, 0.15) is 47.1 Å². The molecule has 2 atom stereocenters. The Morgan fingerprint density at radius 1 is 1.14 bits per heavy atom. The van der Waals surface area contributed by atoms with E-state index in [4.69, 9.17) is 5.11 Å². The molecule has 2 N–H and O–H groups in total. The highest BCUT2D eigenvalue weighted by molar-refractivity contribution is 5.62. The molecular weight excluding hydrogens is 260 g/mol. The van der Waals surface area contributed by atoms with Crippen LogP contribution in [0.3, 0.4) is 0 Å². The molecule has 1 aromatic rings. The second-order valence-corrected chi connectivity index (χ2v) is 6.94. The molecule has 21 heavy (non-hydrogen) atoms. The summed E-state index contributed by atoms with van der Waals surface area (Å²) in [5.74, 6) is 0. The first-order valence-corrected chi connectivity index (χ1v) is 7.92. The van der Waals surface area contributed by atoms with Crippen LogP contribution in [-0.2, 0) is 5.41 Å². The van der Waals surface area contributed by atoms with Crippen LogP contribution >= 0.6 is 0 Å². The summed E-state index contributed by atoms with van der Waals surface area (Å²) in [6.45, 7) is 13.8. The van der Waals surface area contributed by atoms with Crippen LogP contribution in [0.2, 0.25) is 0 Å². The minimum absolute atomic E-state index is 0.167. The van der Waals surface area contributed by atoms with E-state index in [9.17, 15) is 0 Å². The van der Waals surface area contributed by atoms with Gasteiger partial charge in [0.15, 0.2) is 0 Å². The largest absolute Gasteiger partial charge is 0.394 e. The van der Waals surface area contributed by atoms with Crippen molar-refractivity contribution in [1.29, 1.82) is 0 Å². The number of aliphatic hydroxyl groups is 1. The maximum absolute atomic E-state index is 8.06. The molecular formula is C18H32N2O. The smallest absolute Gasteiger partial charge is 0.0483 e. The Morgan fingerprint density at radius 3 is 2.19 bits per heavy atom. The number of para-hydroxylation sites is 1. The number of benzene rings is 1. The lowest BCUT2D eigenvalue weighted by Gasteiger charge is -2.33. The Balaban J connectivity index is 0.000000491. The minimum Gasteiger partial charge on any atom is -0.394 e. The van der Waals surface area contributed by atoms with Crippen molar-refractivity contribution in [2.75, 3.05) is 18.5 Å². The van der Waals surface area contributed by atoms with Crippen molar-refractivity contribution < 1.29 is 5.11 Å². The lowest BCUT2D eigenvalue weighted by atomic mass is 9.87. The molecule has 0 spiro atoms. The van der Waals surface area contributed by atoms with Crippen LogP contribution in [0.25, 0.3) is 0 Å². The quantitative estimate of drug-likeness (QED) is 0.898. The van der Waals surface area contributed by atoms with E-state index in [1.165, 1.54) is 11.3 Å². The summed E-state index contributed by atoms with van der Waals surface area (Å²) < 4.78 is 0. The molecule has 0 aromatic heterocycles.